The number of ether oxygens (including phenoxy) is 1. The number of hydrogen-bond donors (Lipinski definition) is 0. The molecule has 1 aliphatic rings. The summed E-state index contributed by atoms with van der Waals surface area (Å²) in [7, 11) is 0. The lowest BCUT2D eigenvalue weighted by Crippen LogP contribution is -2.01. The highest BCUT2D eigenvalue weighted by Crippen LogP contribution is 2.36. The third-order valence-electron chi connectivity index (χ3n) is 2.96. The van der Waals surface area contributed by atoms with Crippen LogP contribution in [0.1, 0.15) is 25.3 Å². The van der Waals surface area contributed by atoms with E-state index in [4.69, 9.17) is 4.74 Å². The molecule has 3 rings (SSSR count). The molecule has 20 heavy (non-hydrogen) atoms. The maximum absolute atomic E-state index is 12.7. The van der Waals surface area contributed by atoms with E-state index in [-0.39, 0.29) is 5.82 Å². The van der Waals surface area contributed by atoms with E-state index >= 15 is 0 Å². The number of halogens is 1. The number of hydrogen-bond acceptors (Lipinski definition) is 5. The second kappa shape index (κ2) is 6.21. The molecule has 0 atom stereocenters. The summed E-state index contributed by atoms with van der Waals surface area (Å²) in [4.78, 5) is 0. The van der Waals surface area contributed by atoms with Gasteiger partial charge in [0.25, 0.3) is 0 Å². The van der Waals surface area contributed by atoms with Crippen LogP contribution in [-0.4, -0.2) is 32.6 Å². The van der Waals surface area contributed by atoms with Crippen molar-refractivity contribution in [2.24, 2.45) is 0 Å². The van der Waals surface area contributed by atoms with Gasteiger partial charge >= 0.3 is 0 Å². The second-order valence-corrected chi connectivity index (χ2v) is 5.70. The summed E-state index contributed by atoms with van der Waals surface area (Å²) in [6.45, 7) is 0.601. The number of benzene rings is 1. The summed E-state index contributed by atoms with van der Waals surface area (Å²) in [6, 6.07) is 6.57. The monoisotopic (exact) mass is 294 g/mol. The third-order valence-corrected chi connectivity index (χ3v) is 3.98. The quantitative estimate of drug-likeness (QED) is 0.580. The van der Waals surface area contributed by atoms with Gasteiger partial charge in [0.05, 0.1) is 12.6 Å². The fourth-order valence-electron chi connectivity index (χ4n) is 1.77. The molecule has 5 nitrogen and oxygen atoms in total. The Morgan fingerprint density at radius 1 is 1.30 bits per heavy atom. The van der Waals surface area contributed by atoms with E-state index < -0.39 is 0 Å². The standard InChI is InChI=1S/C13H15FN4OS/c14-10-2-6-12(7-3-10)19-8-1-9-20-13-15-16-17-18(13)11-4-5-11/h2-3,6-7,11H,1,4-5,8-9H2. The van der Waals surface area contributed by atoms with E-state index in [1.54, 1.807) is 23.9 Å². The highest BCUT2D eigenvalue weighted by atomic mass is 32.2. The van der Waals surface area contributed by atoms with Gasteiger partial charge in [-0.25, -0.2) is 9.07 Å². The summed E-state index contributed by atoms with van der Waals surface area (Å²) in [5.74, 6) is 1.34. The Morgan fingerprint density at radius 3 is 2.85 bits per heavy atom. The molecule has 1 fully saturated rings. The summed E-state index contributed by atoms with van der Waals surface area (Å²) >= 11 is 1.65. The van der Waals surface area contributed by atoms with Crippen molar-refractivity contribution in [3.8, 4) is 5.75 Å². The fourth-order valence-corrected chi connectivity index (χ4v) is 2.63. The topological polar surface area (TPSA) is 52.8 Å². The van der Waals surface area contributed by atoms with E-state index in [0.717, 1.165) is 17.3 Å². The van der Waals surface area contributed by atoms with Gasteiger partial charge in [-0.1, -0.05) is 11.8 Å². The van der Waals surface area contributed by atoms with Crippen LogP contribution in [0.2, 0.25) is 0 Å². The van der Waals surface area contributed by atoms with E-state index in [1.165, 1.54) is 25.0 Å². The van der Waals surface area contributed by atoms with Gasteiger partial charge in [-0.05, 0) is 54.0 Å². The van der Waals surface area contributed by atoms with Crippen molar-refractivity contribution in [1.82, 2.24) is 20.2 Å². The highest BCUT2D eigenvalue weighted by Gasteiger charge is 2.27. The summed E-state index contributed by atoms with van der Waals surface area (Å²) in [5.41, 5.74) is 0. The van der Waals surface area contributed by atoms with Crippen LogP contribution in [0.3, 0.4) is 0 Å². The van der Waals surface area contributed by atoms with Gasteiger partial charge in [0.2, 0.25) is 5.16 Å². The molecule has 0 unspecified atom stereocenters. The zero-order valence-corrected chi connectivity index (χ0v) is 11.7. The highest BCUT2D eigenvalue weighted by molar-refractivity contribution is 7.99. The normalized spacial score (nSPS) is 14.4. The maximum atomic E-state index is 12.7. The van der Waals surface area contributed by atoms with Crippen LogP contribution in [-0.2, 0) is 0 Å². The Bertz CT molecular complexity index is 556. The molecule has 0 bridgehead atoms. The first-order valence-electron chi connectivity index (χ1n) is 6.62. The van der Waals surface area contributed by atoms with Crippen LogP contribution in [0.5, 0.6) is 5.75 Å². The van der Waals surface area contributed by atoms with Crippen molar-refractivity contribution in [2.75, 3.05) is 12.4 Å². The molecule has 0 radical (unpaired) electrons. The number of thioether (sulfide) groups is 1. The molecule has 0 aliphatic heterocycles. The Balaban J connectivity index is 1.37. The summed E-state index contributed by atoms with van der Waals surface area (Å²) in [5, 5.41) is 12.6. The zero-order valence-electron chi connectivity index (χ0n) is 10.9. The molecular formula is C13H15FN4OS. The van der Waals surface area contributed by atoms with E-state index in [1.807, 2.05) is 4.68 Å². The first-order chi connectivity index (χ1) is 9.83. The van der Waals surface area contributed by atoms with E-state index in [9.17, 15) is 4.39 Å². The van der Waals surface area contributed by atoms with Crippen LogP contribution >= 0.6 is 11.8 Å². The van der Waals surface area contributed by atoms with Crippen molar-refractivity contribution in [3.63, 3.8) is 0 Å². The van der Waals surface area contributed by atoms with Gasteiger partial charge in [0.15, 0.2) is 0 Å². The molecule has 1 aromatic heterocycles. The molecule has 0 N–H and O–H groups in total. The molecule has 0 saturated heterocycles. The Labute approximate surface area is 120 Å². The molecule has 0 amide bonds. The molecule has 106 valence electrons. The molecule has 0 spiro atoms. The lowest BCUT2D eigenvalue weighted by molar-refractivity contribution is 0.318. The fraction of sp³-hybridized carbons (Fsp3) is 0.462. The Hall–Kier alpha value is -1.63. The maximum Gasteiger partial charge on any atom is 0.209 e. The summed E-state index contributed by atoms with van der Waals surface area (Å²) in [6.07, 6.45) is 3.23. The SMILES string of the molecule is Fc1ccc(OCCCSc2nnnn2C2CC2)cc1. The molecule has 2 aromatic rings. The van der Waals surface area contributed by atoms with Gasteiger partial charge in [0.1, 0.15) is 11.6 Å². The van der Waals surface area contributed by atoms with Gasteiger partial charge in [-0.2, -0.15) is 0 Å². The van der Waals surface area contributed by atoms with Crippen molar-refractivity contribution < 1.29 is 9.13 Å². The third kappa shape index (κ3) is 3.47. The van der Waals surface area contributed by atoms with Crippen molar-refractivity contribution in [3.05, 3.63) is 30.1 Å². The number of tetrazole rings is 1. The summed E-state index contributed by atoms with van der Waals surface area (Å²) < 4.78 is 20.2. The smallest absolute Gasteiger partial charge is 0.209 e. The van der Waals surface area contributed by atoms with Crippen molar-refractivity contribution >= 4 is 11.8 Å². The minimum atomic E-state index is -0.250. The lowest BCUT2D eigenvalue weighted by Gasteiger charge is -2.05. The average Bonchev–Trinajstić information content (AvgIpc) is 3.20. The lowest BCUT2D eigenvalue weighted by atomic mass is 10.3. The number of aromatic nitrogens is 4. The van der Waals surface area contributed by atoms with E-state index in [0.29, 0.717) is 18.4 Å². The van der Waals surface area contributed by atoms with Crippen LogP contribution < -0.4 is 4.74 Å². The minimum Gasteiger partial charge on any atom is -0.494 e. The van der Waals surface area contributed by atoms with Crippen LogP contribution in [0.15, 0.2) is 29.4 Å². The Morgan fingerprint density at radius 2 is 2.10 bits per heavy atom. The predicted octanol–water partition coefficient (Wildman–Crippen LogP) is 2.71. The first kappa shape index (κ1) is 13.4. The predicted molar refractivity (Wildman–Crippen MR) is 73.3 cm³/mol. The average molecular weight is 294 g/mol. The minimum absolute atomic E-state index is 0.250. The first-order valence-corrected chi connectivity index (χ1v) is 7.60. The molecule has 1 aromatic carbocycles. The van der Waals surface area contributed by atoms with Gasteiger partial charge in [0, 0.05) is 5.75 Å². The van der Waals surface area contributed by atoms with E-state index in [2.05, 4.69) is 15.5 Å². The zero-order chi connectivity index (χ0) is 13.8. The van der Waals surface area contributed by atoms with Gasteiger partial charge in [-0.3, -0.25) is 0 Å². The number of rotatable bonds is 7. The molecule has 1 aliphatic carbocycles. The molecule has 1 saturated carbocycles. The van der Waals surface area contributed by atoms with Crippen LogP contribution in [0.25, 0.3) is 0 Å². The van der Waals surface area contributed by atoms with Crippen molar-refractivity contribution in [1.29, 1.82) is 0 Å². The van der Waals surface area contributed by atoms with Crippen LogP contribution in [0, 0.1) is 5.82 Å². The van der Waals surface area contributed by atoms with Crippen molar-refractivity contribution in [2.45, 2.75) is 30.5 Å². The molecule has 1 heterocycles. The van der Waals surface area contributed by atoms with Crippen LogP contribution in [0.4, 0.5) is 4.39 Å². The largest absolute Gasteiger partial charge is 0.494 e. The van der Waals surface area contributed by atoms with Gasteiger partial charge < -0.3 is 4.74 Å². The molecule has 7 heteroatoms. The van der Waals surface area contributed by atoms with Gasteiger partial charge in [-0.15, -0.1) is 5.10 Å². The number of nitrogens with zero attached hydrogens (tertiary/aromatic N) is 4. The molecular weight excluding hydrogens is 279 g/mol. The Kier molecular flexibility index (Phi) is 4.15. The second-order valence-electron chi connectivity index (χ2n) is 4.64.